The van der Waals surface area contributed by atoms with Crippen molar-refractivity contribution in [2.24, 2.45) is 0 Å². The van der Waals surface area contributed by atoms with Gasteiger partial charge in [-0.2, -0.15) is 4.31 Å². The maximum absolute atomic E-state index is 12.5. The van der Waals surface area contributed by atoms with Crippen LogP contribution in [0.3, 0.4) is 0 Å². The standard InChI is InChI=1S/C20H23N3O5S/c1-14-5-4-6-17(19(14)21)20(25)28-13-18(24)22-15-7-9-16(10-8-15)29(26,27)23-11-2-3-12-23/h4-10H,2-3,11-13,21H2,1H3,(H,22,24). The summed E-state index contributed by atoms with van der Waals surface area (Å²) in [5, 5.41) is 2.57. The molecule has 0 saturated carbocycles. The van der Waals surface area contributed by atoms with Crippen molar-refractivity contribution in [2.45, 2.75) is 24.7 Å². The van der Waals surface area contributed by atoms with Crippen LogP contribution in [0.15, 0.2) is 47.4 Å². The van der Waals surface area contributed by atoms with Crippen LogP contribution in [-0.4, -0.2) is 44.3 Å². The number of nitrogens with one attached hydrogen (secondary N) is 1. The van der Waals surface area contributed by atoms with E-state index < -0.39 is 28.5 Å². The Morgan fingerprint density at radius 3 is 2.41 bits per heavy atom. The molecule has 1 aliphatic rings. The summed E-state index contributed by atoms with van der Waals surface area (Å²) < 4.78 is 31.5. The number of nitrogen functional groups attached to an aromatic ring is 1. The quantitative estimate of drug-likeness (QED) is 0.549. The Hall–Kier alpha value is -2.91. The Balaban J connectivity index is 1.57. The van der Waals surface area contributed by atoms with Gasteiger partial charge in [0.25, 0.3) is 5.91 Å². The Morgan fingerprint density at radius 1 is 1.10 bits per heavy atom. The fraction of sp³-hybridized carbons (Fsp3) is 0.300. The second-order valence-electron chi connectivity index (χ2n) is 6.80. The van der Waals surface area contributed by atoms with Gasteiger partial charge in [0.1, 0.15) is 0 Å². The molecule has 0 radical (unpaired) electrons. The third-order valence-corrected chi connectivity index (χ3v) is 6.63. The summed E-state index contributed by atoms with van der Waals surface area (Å²) in [7, 11) is -3.50. The molecule has 0 aromatic heterocycles. The van der Waals surface area contributed by atoms with E-state index in [4.69, 9.17) is 10.5 Å². The molecule has 1 amide bonds. The fourth-order valence-electron chi connectivity index (χ4n) is 3.05. The number of anilines is 2. The monoisotopic (exact) mass is 417 g/mol. The zero-order valence-electron chi connectivity index (χ0n) is 16.1. The van der Waals surface area contributed by atoms with Crippen molar-refractivity contribution in [1.82, 2.24) is 4.31 Å². The molecule has 0 atom stereocenters. The summed E-state index contributed by atoms with van der Waals surface area (Å²) in [5.74, 6) is -1.23. The molecule has 1 saturated heterocycles. The predicted molar refractivity (Wildman–Crippen MR) is 109 cm³/mol. The van der Waals surface area contributed by atoms with Gasteiger partial charge in [0, 0.05) is 24.5 Å². The molecule has 29 heavy (non-hydrogen) atoms. The number of benzene rings is 2. The van der Waals surface area contributed by atoms with E-state index in [0.29, 0.717) is 24.5 Å². The minimum atomic E-state index is -3.50. The highest BCUT2D eigenvalue weighted by atomic mass is 32.2. The number of para-hydroxylation sites is 1. The van der Waals surface area contributed by atoms with E-state index in [1.165, 1.54) is 34.6 Å². The van der Waals surface area contributed by atoms with Crippen LogP contribution in [0, 0.1) is 6.92 Å². The first-order valence-corrected chi connectivity index (χ1v) is 10.7. The molecule has 0 spiro atoms. The Labute approximate surface area is 169 Å². The lowest BCUT2D eigenvalue weighted by molar-refractivity contribution is -0.119. The number of esters is 1. The molecule has 9 heteroatoms. The minimum Gasteiger partial charge on any atom is -0.452 e. The number of carbonyl (C=O) groups excluding carboxylic acids is 2. The van der Waals surface area contributed by atoms with E-state index in [0.717, 1.165) is 18.4 Å². The highest BCUT2D eigenvalue weighted by molar-refractivity contribution is 7.89. The lowest BCUT2D eigenvalue weighted by Gasteiger charge is -2.15. The number of hydrogen-bond donors (Lipinski definition) is 2. The Bertz CT molecular complexity index is 1010. The first-order chi connectivity index (χ1) is 13.8. The highest BCUT2D eigenvalue weighted by Crippen LogP contribution is 2.22. The van der Waals surface area contributed by atoms with Gasteiger partial charge in [-0.15, -0.1) is 0 Å². The number of amides is 1. The van der Waals surface area contributed by atoms with Crippen LogP contribution in [0.2, 0.25) is 0 Å². The van der Waals surface area contributed by atoms with Gasteiger partial charge in [-0.1, -0.05) is 12.1 Å². The third kappa shape index (κ3) is 4.75. The van der Waals surface area contributed by atoms with Crippen LogP contribution in [0.1, 0.15) is 28.8 Å². The van der Waals surface area contributed by atoms with E-state index in [2.05, 4.69) is 5.32 Å². The molecule has 0 aliphatic carbocycles. The number of hydrogen-bond acceptors (Lipinski definition) is 6. The van der Waals surface area contributed by atoms with E-state index in [-0.39, 0.29) is 10.5 Å². The average Bonchev–Trinajstić information content (AvgIpc) is 3.24. The van der Waals surface area contributed by atoms with Crippen molar-refractivity contribution >= 4 is 33.3 Å². The topological polar surface area (TPSA) is 119 Å². The molecule has 2 aromatic carbocycles. The molecule has 1 aliphatic heterocycles. The van der Waals surface area contributed by atoms with Crippen molar-refractivity contribution in [2.75, 3.05) is 30.7 Å². The second-order valence-corrected chi connectivity index (χ2v) is 8.73. The maximum Gasteiger partial charge on any atom is 0.340 e. The lowest BCUT2D eigenvalue weighted by Crippen LogP contribution is -2.27. The number of nitrogens with zero attached hydrogens (tertiary/aromatic N) is 1. The van der Waals surface area contributed by atoms with Gasteiger partial charge in [-0.3, -0.25) is 4.79 Å². The summed E-state index contributed by atoms with van der Waals surface area (Å²) in [6.07, 6.45) is 1.72. The van der Waals surface area contributed by atoms with Gasteiger partial charge in [-0.05, 0) is 55.7 Å². The summed E-state index contributed by atoms with van der Waals surface area (Å²) in [6, 6.07) is 10.9. The fourth-order valence-corrected chi connectivity index (χ4v) is 4.57. The zero-order chi connectivity index (χ0) is 21.0. The van der Waals surface area contributed by atoms with Gasteiger partial charge in [0.05, 0.1) is 10.5 Å². The molecule has 3 N–H and O–H groups in total. The van der Waals surface area contributed by atoms with Gasteiger partial charge in [-0.25, -0.2) is 13.2 Å². The predicted octanol–water partition coefficient (Wildman–Crippen LogP) is 2.16. The minimum absolute atomic E-state index is 0.179. The van der Waals surface area contributed by atoms with Crippen molar-refractivity contribution in [1.29, 1.82) is 0 Å². The van der Waals surface area contributed by atoms with Gasteiger partial charge in [0.2, 0.25) is 10.0 Å². The number of sulfonamides is 1. The van der Waals surface area contributed by atoms with Crippen molar-refractivity contribution in [3.8, 4) is 0 Å². The second kappa shape index (κ2) is 8.62. The molecule has 3 rings (SSSR count). The molecule has 8 nitrogen and oxygen atoms in total. The van der Waals surface area contributed by atoms with Gasteiger partial charge >= 0.3 is 5.97 Å². The van der Waals surface area contributed by atoms with Crippen LogP contribution in [-0.2, 0) is 19.6 Å². The van der Waals surface area contributed by atoms with Crippen LogP contribution >= 0.6 is 0 Å². The Kier molecular flexibility index (Phi) is 6.19. The lowest BCUT2D eigenvalue weighted by atomic mass is 10.1. The largest absolute Gasteiger partial charge is 0.452 e. The number of rotatable bonds is 6. The molecule has 2 aromatic rings. The van der Waals surface area contributed by atoms with Crippen molar-refractivity contribution < 1.29 is 22.7 Å². The molecule has 154 valence electrons. The van der Waals surface area contributed by atoms with Crippen molar-refractivity contribution in [3.63, 3.8) is 0 Å². The highest BCUT2D eigenvalue weighted by Gasteiger charge is 2.27. The number of nitrogens with two attached hydrogens (primary N) is 1. The van der Waals surface area contributed by atoms with Crippen LogP contribution < -0.4 is 11.1 Å². The van der Waals surface area contributed by atoms with Crippen LogP contribution in [0.4, 0.5) is 11.4 Å². The van der Waals surface area contributed by atoms with Crippen LogP contribution in [0.25, 0.3) is 0 Å². The van der Waals surface area contributed by atoms with Crippen LogP contribution in [0.5, 0.6) is 0 Å². The number of carbonyl (C=O) groups is 2. The number of aryl methyl sites for hydroxylation is 1. The first-order valence-electron chi connectivity index (χ1n) is 9.21. The van der Waals surface area contributed by atoms with E-state index in [9.17, 15) is 18.0 Å². The smallest absolute Gasteiger partial charge is 0.340 e. The first kappa shape index (κ1) is 20.8. The van der Waals surface area contributed by atoms with Gasteiger partial charge < -0.3 is 15.8 Å². The normalized spacial score (nSPS) is 14.5. The third-order valence-electron chi connectivity index (χ3n) is 4.72. The molecular weight excluding hydrogens is 394 g/mol. The van der Waals surface area contributed by atoms with Gasteiger partial charge in [0.15, 0.2) is 6.61 Å². The summed E-state index contributed by atoms with van der Waals surface area (Å²) >= 11 is 0. The molecule has 1 fully saturated rings. The molecule has 1 heterocycles. The summed E-state index contributed by atoms with van der Waals surface area (Å²) in [6.45, 7) is 2.34. The molecule has 0 unspecified atom stereocenters. The Morgan fingerprint density at radius 2 is 1.76 bits per heavy atom. The average molecular weight is 417 g/mol. The van der Waals surface area contributed by atoms with E-state index in [1.807, 2.05) is 0 Å². The summed E-state index contributed by atoms with van der Waals surface area (Å²) in [4.78, 5) is 24.3. The molecule has 0 bridgehead atoms. The maximum atomic E-state index is 12.5. The van der Waals surface area contributed by atoms with Crippen molar-refractivity contribution in [3.05, 3.63) is 53.6 Å². The summed E-state index contributed by atoms with van der Waals surface area (Å²) in [5.41, 5.74) is 7.52. The number of ether oxygens (including phenoxy) is 1. The SMILES string of the molecule is Cc1cccc(C(=O)OCC(=O)Nc2ccc(S(=O)(=O)N3CCCC3)cc2)c1N. The zero-order valence-corrected chi connectivity index (χ0v) is 16.9. The van der Waals surface area contributed by atoms with E-state index in [1.54, 1.807) is 19.1 Å². The van der Waals surface area contributed by atoms with E-state index >= 15 is 0 Å². The molecular formula is C20H23N3O5S.